The maximum atomic E-state index is 12.8. The van der Waals surface area contributed by atoms with Crippen LogP contribution < -0.4 is 16.0 Å². The Kier molecular flexibility index (Phi) is 9.08. The lowest BCUT2D eigenvalue weighted by atomic mass is 9.93. The fraction of sp³-hybridized carbons (Fsp3) is 0.667. The number of epoxide rings is 1. The highest BCUT2D eigenvalue weighted by molar-refractivity contribution is 5.99. The van der Waals surface area contributed by atoms with Crippen molar-refractivity contribution in [2.24, 2.45) is 5.92 Å². The zero-order valence-corrected chi connectivity index (χ0v) is 19.5. The summed E-state index contributed by atoms with van der Waals surface area (Å²) < 4.78 is 15.0. The van der Waals surface area contributed by atoms with Crippen molar-refractivity contribution in [2.45, 2.75) is 57.8 Å². The highest BCUT2D eigenvalue weighted by atomic mass is 16.6. The van der Waals surface area contributed by atoms with Gasteiger partial charge < -0.3 is 35.1 Å². The molecule has 1 saturated heterocycles. The summed E-state index contributed by atoms with van der Waals surface area (Å²) in [6.45, 7) is 6.43. The van der Waals surface area contributed by atoms with E-state index >= 15 is 0 Å². The Hall–Kier alpha value is -2.83. The second-order valence-corrected chi connectivity index (χ2v) is 8.62. The molecule has 1 aliphatic rings. The highest BCUT2D eigenvalue weighted by Crippen LogP contribution is 2.29. The van der Waals surface area contributed by atoms with Gasteiger partial charge in [0.1, 0.15) is 23.4 Å². The summed E-state index contributed by atoms with van der Waals surface area (Å²) >= 11 is 0. The van der Waals surface area contributed by atoms with Crippen LogP contribution in [0.4, 0.5) is 0 Å². The Morgan fingerprint density at radius 3 is 2.24 bits per heavy atom. The molecule has 184 valence electrons. The Morgan fingerprint density at radius 2 is 1.76 bits per heavy atom. The van der Waals surface area contributed by atoms with Crippen molar-refractivity contribution in [3.05, 3.63) is 17.5 Å². The van der Waals surface area contributed by atoms with Crippen LogP contribution in [0.15, 0.2) is 10.6 Å². The molecule has 0 bridgehead atoms. The van der Waals surface area contributed by atoms with Crippen LogP contribution >= 0.6 is 0 Å². The lowest BCUT2D eigenvalue weighted by Gasteiger charge is -2.25. The van der Waals surface area contributed by atoms with E-state index in [0.29, 0.717) is 12.2 Å². The van der Waals surface area contributed by atoms with E-state index in [2.05, 4.69) is 21.1 Å². The van der Waals surface area contributed by atoms with E-state index in [1.165, 1.54) is 13.2 Å². The van der Waals surface area contributed by atoms with Crippen molar-refractivity contribution in [1.82, 2.24) is 21.1 Å². The molecule has 12 heteroatoms. The molecular weight excluding hydrogens is 436 g/mol. The number of nitrogens with one attached hydrogen (secondary N) is 3. The molecule has 1 aliphatic heterocycles. The first-order chi connectivity index (χ1) is 15.5. The van der Waals surface area contributed by atoms with Crippen LogP contribution in [0.5, 0.6) is 0 Å². The first kappa shape index (κ1) is 26.4. The minimum atomic E-state index is -1.35. The van der Waals surface area contributed by atoms with Crippen LogP contribution in [0.3, 0.4) is 0 Å². The van der Waals surface area contributed by atoms with E-state index < -0.39 is 48.1 Å². The van der Waals surface area contributed by atoms with Crippen LogP contribution in [0.2, 0.25) is 0 Å². The van der Waals surface area contributed by atoms with E-state index in [1.807, 2.05) is 13.8 Å². The van der Waals surface area contributed by atoms with Crippen molar-refractivity contribution < 1.29 is 38.3 Å². The fourth-order valence-electron chi connectivity index (χ4n) is 3.12. The van der Waals surface area contributed by atoms with E-state index in [4.69, 9.17) is 14.0 Å². The van der Waals surface area contributed by atoms with Gasteiger partial charge in [0.15, 0.2) is 11.5 Å². The fourth-order valence-corrected chi connectivity index (χ4v) is 3.12. The van der Waals surface area contributed by atoms with Gasteiger partial charge in [-0.15, -0.1) is 0 Å². The van der Waals surface area contributed by atoms with E-state index in [1.54, 1.807) is 13.8 Å². The number of amides is 3. The molecule has 33 heavy (non-hydrogen) atoms. The molecule has 1 aromatic heterocycles. The normalized spacial score (nSPS) is 20.0. The number of Topliss-reactive ketones (excluding diaryl/α,β-unsaturated/α-hetero) is 1. The second-order valence-electron chi connectivity index (χ2n) is 8.62. The van der Waals surface area contributed by atoms with E-state index in [9.17, 15) is 24.3 Å². The Morgan fingerprint density at radius 1 is 1.15 bits per heavy atom. The van der Waals surface area contributed by atoms with E-state index in [0.717, 1.165) is 0 Å². The Balaban J connectivity index is 2.04. The van der Waals surface area contributed by atoms with Gasteiger partial charge in [-0.3, -0.25) is 19.2 Å². The molecule has 0 aromatic carbocycles. The average molecular weight is 469 g/mol. The monoisotopic (exact) mass is 468 g/mol. The van der Waals surface area contributed by atoms with Gasteiger partial charge in [0.25, 0.3) is 5.91 Å². The van der Waals surface area contributed by atoms with Gasteiger partial charge in [0.2, 0.25) is 11.8 Å². The number of nitrogens with zero attached hydrogens (tertiary/aromatic N) is 1. The van der Waals surface area contributed by atoms with Gasteiger partial charge in [0.05, 0.1) is 25.9 Å². The number of aliphatic hydroxyl groups is 1. The first-order valence-electron chi connectivity index (χ1n) is 10.6. The van der Waals surface area contributed by atoms with Crippen molar-refractivity contribution >= 4 is 23.5 Å². The number of hydrogen-bond donors (Lipinski definition) is 4. The van der Waals surface area contributed by atoms with Crippen molar-refractivity contribution in [2.75, 3.05) is 26.9 Å². The minimum Gasteiger partial charge on any atom is -0.394 e. The van der Waals surface area contributed by atoms with Crippen molar-refractivity contribution in [3.63, 3.8) is 0 Å². The minimum absolute atomic E-state index is 0.0244. The molecule has 3 amide bonds. The van der Waals surface area contributed by atoms with Crippen LogP contribution in [-0.2, 0) is 23.9 Å². The summed E-state index contributed by atoms with van der Waals surface area (Å²) in [5.74, 6) is -1.91. The predicted molar refractivity (Wildman–Crippen MR) is 114 cm³/mol. The number of carbonyl (C=O) groups is 4. The largest absolute Gasteiger partial charge is 0.394 e. The number of aliphatic hydroxyl groups excluding tert-OH is 1. The molecule has 0 radical (unpaired) electrons. The van der Waals surface area contributed by atoms with Crippen molar-refractivity contribution in [1.29, 1.82) is 0 Å². The molecule has 1 aromatic rings. The molecule has 2 unspecified atom stereocenters. The Bertz CT molecular complexity index is 864. The summed E-state index contributed by atoms with van der Waals surface area (Å²) in [7, 11) is 1.34. The molecule has 0 aliphatic carbocycles. The van der Waals surface area contributed by atoms with Crippen LogP contribution in [0, 0.1) is 12.8 Å². The topological polar surface area (TPSA) is 172 Å². The summed E-state index contributed by atoms with van der Waals surface area (Å²) in [5.41, 5.74) is -0.957. The van der Waals surface area contributed by atoms with Crippen molar-refractivity contribution in [3.8, 4) is 0 Å². The van der Waals surface area contributed by atoms with Gasteiger partial charge >= 0.3 is 0 Å². The number of methoxy groups -OCH3 is 1. The number of ether oxygens (including phenoxy) is 2. The standard InChI is InChI=1S/C21H32N4O8/c1-11(2)6-13(17(27)21(4)10-32-21)22-19(29)15(8-26)23-20(30)16(9-31-5)24-18(28)14-7-12(3)33-25-14/h7,11,13,15-16,26H,6,8-10H2,1-5H3,(H,22,29)(H,23,30)(H,24,28)/t13?,15-,16?,21+/m0/s1. The van der Waals surface area contributed by atoms with Crippen LogP contribution in [-0.4, -0.2) is 84.4 Å². The van der Waals surface area contributed by atoms with E-state index in [-0.39, 0.29) is 30.6 Å². The number of ketones is 1. The smallest absolute Gasteiger partial charge is 0.274 e. The molecule has 4 atom stereocenters. The summed E-state index contributed by atoms with van der Waals surface area (Å²) in [6.07, 6.45) is 0.370. The predicted octanol–water partition coefficient (Wildman–Crippen LogP) is -0.906. The lowest BCUT2D eigenvalue weighted by molar-refractivity contribution is -0.134. The third kappa shape index (κ3) is 7.34. The molecule has 1 fully saturated rings. The average Bonchev–Trinajstić information content (AvgIpc) is 3.35. The highest BCUT2D eigenvalue weighted by Gasteiger charge is 2.50. The maximum absolute atomic E-state index is 12.8. The van der Waals surface area contributed by atoms with Gasteiger partial charge in [0, 0.05) is 13.2 Å². The Labute approximate surface area is 191 Å². The van der Waals surface area contributed by atoms with Crippen LogP contribution in [0.1, 0.15) is 43.4 Å². The van der Waals surface area contributed by atoms with Gasteiger partial charge in [-0.2, -0.15) is 0 Å². The third-order valence-corrected chi connectivity index (χ3v) is 5.07. The lowest BCUT2D eigenvalue weighted by Crippen LogP contribution is -2.58. The summed E-state index contributed by atoms with van der Waals surface area (Å²) in [5, 5.41) is 20.7. The first-order valence-corrected chi connectivity index (χ1v) is 10.6. The number of aromatic nitrogens is 1. The molecule has 2 heterocycles. The molecule has 12 nitrogen and oxygen atoms in total. The SMILES string of the molecule is COCC(NC(=O)c1cc(C)on1)C(=O)N[C@@H](CO)C(=O)NC(CC(C)C)C(=O)[C@@]1(C)CO1. The summed E-state index contributed by atoms with van der Waals surface area (Å²) in [4.78, 5) is 50.5. The molecule has 0 saturated carbocycles. The number of rotatable bonds is 13. The maximum Gasteiger partial charge on any atom is 0.274 e. The second kappa shape index (κ2) is 11.3. The molecule has 0 spiro atoms. The molecular formula is C21H32N4O8. The zero-order valence-electron chi connectivity index (χ0n) is 19.5. The van der Waals surface area contributed by atoms with Gasteiger partial charge in [-0.05, 0) is 26.2 Å². The molecule has 4 N–H and O–H groups in total. The van der Waals surface area contributed by atoms with Gasteiger partial charge in [-0.1, -0.05) is 19.0 Å². The zero-order chi connectivity index (χ0) is 24.8. The third-order valence-electron chi connectivity index (χ3n) is 5.07. The quantitative estimate of drug-likeness (QED) is 0.267. The number of hydrogen-bond acceptors (Lipinski definition) is 9. The van der Waals surface area contributed by atoms with Gasteiger partial charge in [-0.25, -0.2) is 0 Å². The summed E-state index contributed by atoms with van der Waals surface area (Å²) in [6, 6.07) is -1.95. The number of carbonyl (C=O) groups excluding carboxylic acids is 4. The van der Waals surface area contributed by atoms with Crippen LogP contribution in [0.25, 0.3) is 0 Å². The molecule has 2 rings (SSSR count). The number of aryl methyl sites for hydroxylation is 1.